The zero-order valence-electron chi connectivity index (χ0n) is 10.7. The molecule has 1 saturated heterocycles. The van der Waals surface area contributed by atoms with E-state index in [4.69, 9.17) is 4.74 Å². The summed E-state index contributed by atoms with van der Waals surface area (Å²) in [6.07, 6.45) is 2.99. The summed E-state index contributed by atoms with van der Waals surface area (Å²) in [6, 6.07) is 0.462. The van der Waals surface area contributed by atoms with E-state index in [0.29, 0.717) is 19.1 Å². The number of ether oxygens (including phenoxy) is 1. The van der Waals surface area contributed by atoms with E-state index in [-0.39, 0.29) is 12.0 Å². The number of rotatable bonds is 5. The summed E-state index contributed by atoms with van der Waals surface area (Å²) in [5.74, 6) is 0.223. The van der Waals surface area contributed by atoms with Gasteiger partial charge in [0.25, 0.3) is 0 Å². The number of hydrogen-bond donors (Lipinski definition) is 1. The summed E-state index contributed by atoms with van der Waals surface area (Å²) < 4.78 is 5.39. The lowest BCUT2D eigenvalue weighted by Crippen LogP contribution is -2.47. The van der Waals surface area contributed by atoms with Crippen LogP contribution in [0.3, 0.4) is 0 Å². The minimum Gasteiger partial charge on any atom is -0.378 e. The normalized spacial score (nSPS) is 21.5. The van der Waals surface area contributed by atoms with Gasteiger partial charge in [-0.3, -0.25) is 4.79 Å². The Hall–Kier alpha value is -0.610. The van der Waals surface area contributed by atoms with Gasteiger partial charge in [0.05, 0.1) is 19.1 Å². The Bertz CT molecular complexity index is 219. The van der Waals surface area contributed by atoms with Gasteiger partial charge in [0.2, 0.25) is 5.91 Å². The lowest BCUT2D eigenvalue weighted by Gasteiger charge is -2.32. The van der Waals surface area contributed by atoms with Crippen molar-refractivity contribution in [1.29, 1.82) is 0 Å². The molecule has 1 amide bonds. The summed E-state index contributed by atoms with van der Waals surface area (Å²) in [4.78, 5) is 13.8. The highest BCUT2D eigenvalue weighted by Gasteiger charge is 2.21. The van der Waals surface area contributed by atoms with Crippen LogP contribution in [0.5, 0.6) is 0 Å². The molecule has 1 atom stereocenters. The van der Waals surface area contributed by atoms with E-state index in [9.17, 15) is 4.79 Å². The largest absolute Gasteiger partial charge is 0.378 e. The van der Waals surface area contributed by atoms with Crippen molar-refractivity contribution in [3.63, 3.8) is 0 Å². The van der Waals surface area contributed by atoms with Gasteiger partial charge in [-0.25, -0.2) is 0 Å². The average molecular weight is 228 g/mol. The summed E-state index contributed by atoms with van der Waals surface area (Å²) in [7, 11) is 1.96. The molecule has 0 aromatic carbocycles. The van der Waals surface area contributed by atoms with Crippen molar-refractivity contribution in [2.75, 3.05) is 26.7 Å². The van der Waals surface area contributed by atoms with Crippen molar-refractivity contribution in [1.82, 2.24) is 10.2 Å². The molecule has 1 rings (SSSR count). The van der Waals surface area contributed by atoms with Crippen LogP contribution in [0.1, 0.15) is 33.1 Å². The number of carbonyl (C=O) groups excluding carboxylic acids is 1. The molecule has 0 aliphatic carbocycles. The number of likely N-dealkylation sites (tertiary alicyclic amines) is 1. The first-order chi connectivity index (χ1) is 7.63. The fourth-order valence-electron chi connectivity index (χ4n) is 1.98. The van der Waals surface area contributed by atoms with Gasteiger partial charge in [-0.1, -0.05) is 0 Å². The Balaban J connectivity index is 2.24. The lowest BCUT2D eigenvalue weighted by atomic mass is 10.1. The second-order valence-corrected chi connectivity index (χ2v) is 4.64. The Morgan fingerprint density at radius 3 is 2.94 bits per heavy atom. The zero-order chi connectivity index (χ0) is 12.0. The molecule has 1 aliphatic heterocycles. The number of piperidine rings is 1. The molecule has 4 nitrogen and oxygen atoms in total. The van der Waals surface area contributed by atoms with Crippen molar-refractivity contribution in [2.24, 2.45) is 0 Å². The van der Waals surface area contributed by atoms with Gasteiger partial charge in [-0.15, -0.1) is 0 Å². The molecule has 16 heavy (non-hydrogen) atoms. The van der Waals surface area contributed by atoms with Crippen LogP contribution in [0.4, 0.5) is 0 Å². The van der Waals surface area contributed by atoms with Gasteiger partial charge in [-0.2, -0.15) is 0 Å². The SMILES string of the molecule is CNC1CCCN(C(=O)CCOC(C)C)C1. The van der Waals surface area contributed by atoms with Crippen molar-refractivity contribution < 1.29 is 9.53 Å². The van der Waals surface area contributed by atoms with E-state index in [1.807, 2.05) is 25.8 Å². The summed E-state index contributed by atoms with van der Waals surface area (Å²) >= 11 is 0. The first-order valence-electron chi connectivity index (χ1n) is 6.20. The second-order valence-electron chi connectivity index (χ2n) is 4.64. The number of likely N-dealkylation sites (N-methyl/N-ethyl adjacent to an activating group) is 1. The van der Waals surface area contributed by atoms with Crippen LogP contribution in [-0.2, 0) is 9.53 Å². The Labute approximate surface area is 98.3 Å². The van der Waals surface area contributed by atoms with Crippen LogP contribution in [0.25, 0.3) is 0 Å². The standard InChI is InChI=1S/C12H24N2O2/c1-10(2)16-8-6-12(15)14-7-4-5-11(9-14)13-3/h10-11,13H,4-9H2,1-3H3. The smallest absolute Gasteiger partial charge is 0.224 e. The number of nitrogens with zero attached hydrogens (tertiary/aromatic N) is 1. The van der Waals surface area contributed by atoms with E-state index in [0.717, 1.165) is 19.5 Å². The molecule has 0 aromatic heterocycles. The molecule has 1 N–H and O–H groups in total. The molecule has 0 bridgehead atoms. The topological polar surface area (TPSA) is 41.6 Å². The molecule has 0 spiro atoms. The number of nitrogens with one attached hydrogen (secondary N) is 1. The molecule has 1 fully saturated rings. The Morgan fingerprint density at radius 2 is 2.31 bits per heavy atom. The molecule has 1 unspecified atom stereocenters. The van der Waals surface area contributed by atoms with Crippen molar-refractivity contribution in [3.8, 4) is 0 Å². The molecule has 4 heteroatoms. The fourth-order valence-corrected chi connectivity index (χ4v) is 1.98. The minimum absolute atomic E-state index is 0.208. The maximum atomic E-state index is 11.9. The number of hydrogen-bond acceptors (Lipinski definition) is 3. The molecule has 0 aromatic rings. The van der Waals surface area contributed by atoms with E-state index in [2.05, 4.69) is 5.32 Å². The second kappa shape index (κ2) is 6.86. The highest BCUT2D eigenvalue weighted by molar-refractivity contribution is 5.76. The zero-order valence-corrected chi connectivity index (χ0v) is 10.7. The Kier molecular flexibility index (Phi) is 5.77. The van der Waals surface area contributed by atoms with Crippen LogP contribution < -0.4 is 5.32 Å². The third-order valence-corrected chi connectivity index (χ3v) is 2.95. The van der Waals surface area contributed by atoms with E-state index >= 15 is 0 Å². The molecule has 0 saturated carbocycles. The van der Waals surface area contributed by atoms with Crippen LogP contribution in [0.15, 0.2) is 0 Å². The molecular formula is C12H24N2O2. The average Bonchev–Trinajstić information content (AvgIpc) is 2.28. The van der Waals surface area contributed by atoms with E-state index in [1.54, 1.807) is 0 Å². The van der Waals surface area contributed by atoms with Crippen molar-refractivity contribution in [2.45, 2.75) is 45.3 Å². The van der Waals surface area contributed by atoms with Crippen molar-refractivity contribution in [3.05, 3.63) is 0 Å². The third-order valence-electron chi connectivity index (χ3n) is 2.95. The van der Waals surface area contributed by atoms with Crippen LogP contribution >= 0.6 is 0 Å². The highest BCUT2D eigenvalue weighted by atomic mass is 16.5. The maximum absolute atomic E-state index is 11.9. The first-order valence-corrected chi connectivity index (χ1v) is 6.20. The van der Waals surface area contributed by atoms with Gasteiger partial charge in [0.15, 0.2) is 0 Å². The van der Waals surface area contributed by atoms with Gasteiger partial charge in [0, 0.05) is 19.1 Å². The monoisotopic (exact) mass is 228 g/mol. The summed E-state index contributed by atoms with van der Waals surface area (Å²) in [6.45, 7) is 6.26. The first kappa shape index (κ1) is 13.5. The van der Waals surface area contributed by atoms with Crippen LogP contribution in [0.2, 0.25) is 0 Å². The molecular weight excluding hydrogens is 204 g/mol. The predicted molar refractivity (Wildman–Crippen MR) is 64.4 cm³/mol. The van der Waals surface area contributed by atoms with Gasteiger partial charge >= 0.3 is 0 Å². The van der Waals surface area contributed by atoms with Gasteiger partial charge in [-0.05, 0) is 33.7 Å². The van der Waals surface area contributed by atoms with Gasteiger partial charge in [0.1, 0.15) is 0 Å². The molecule has 0 radical (unpaired) electrons. The molecule has 1 aliphatic rings. The predicted octanol–water partition coefficient (Wildman–Crippen LogP) is 1.01. The fraction of sp³-hybridized carbons (Fsp3) is 0.917. The van der Waals surface area contributed by atoms with Gasteiger partial charge < -0.3 is 15.0 Å². The molecule has 94 valence electrons. The van der Waals surface area contributed by atoms with Crippen LogP contribution in [-0.4, -0.2) is 49.7 Å². The minimum atomic E-state index is 0.208. The number of carbonyl (C=O) groups is 1. The Morgan fingerprint density at radius 1 is 1.56 bits per heavy atom. The summed E-state index contributed by atoms with van der Waals surface area (Å²) in [5, 5.41) is 3.24. The molecule has 1 heterocycles. The quantitative estimate of drug-likeness (QED) is 0.763. The highest BCUT2D eigenvalue weighted by Crippen LogP contribution is 2.10. The third kappa shape index (κ3) is 4.49. The lowest BCUT2D eigenvalue weighted by molar-refractivity contribution is -0.134. The van der Waals surface area contributed by atoms with E-state index < -0.39 is 0 Å². The number of amides is 1. The van der Waals surface area contributed by atoms with Crippen LogP contribution in [0, 0.1) is 0 Å². The summed E-state index contributed by atoms with van der Waals surface area (Å²) in [5.41, 5.74) is 0. The maximum Gasteiger partial charge on any atom is 0.224 e. The van der Waals surface area contributed by atoms with Crippen molar-refractivity contribution >= 4 is 5.91 Å². The van der Waals surface area contributed by atoms with E-state index in [1.165, 1.54) is 6.42 Å².